The van der Waals surface area contributed by atoms with E-state index in [9.17, 15) is 9.59 Å². The first kappa shape index (κ1) is 16.5. The molecule has 2 N–H and O–H groups in total. The van der Waals surface area contributed by atoms with Gasteiger partial charge in [0.05, 0.1) is 6.04 Å². The molecule has 1 aromatic heterocycles. The fourth-order valence-electron chi connectivity index (χ4n) is 2.00. The van der Waals surface area contributed by atoms with Crippen molar-refractivity contribution in [1.29, 1.82) is 0 Å². The van der Waals surface area contributed by atoms with Gasteiger partial charge in [0.25, 0.3) is 5.91 Å². The van der Waals surface area contributed by atoms with Gasteiger partial charge in [0.1, 0.15) is 0 Å². The SMILES string of the molecule is CC(NC(=O)CCNC(=O)c1ccsc1)c1ccccc1Cl. The summed E-state index contributed by atoms with van der Waals surface area (Å²) in [6.45, 7) is 2.18. The lowest BCUT2D eigenvalue weighted by Gasteiger charge is -2.15. The third-order valence-electron chi connectivity index (χ3n) is 3.17. The van der Waals surface area contributed by atoms with Crippen molar-refractivity contribution in [1.82, 2.24) is 10.6 Å². The lowest BCUT2D eigenvalue weighted by Crippen LogP contribution is -2.32. The quantitative estimate of drug-likeness (QED) is 0.849. The first-order chi connectivity index (χ1) is 10.6. The van der Waals surface area contributed by atoms with Crippen LogP contribution in [-0.4, -0.2) is 18.4 Å². The molecule has 0 aliphatic heterocycles. The van der Waals surface area contributed by atoms with E-state index in [0.29, 0.717) is 17.1 Å². The first-order valence-corrected chi connectivity index (χ1v) is 8.24. The Morgan fingerprint density at radius 2 is 2.05 bits per heavy atom. The summed E-state index contributed by atoms with van der Waals surface area (Å²) in [6.07, 6.45) is 0.227. The summed E-state index contributed by atoms with van der Waals surface area (Å²) in [7, 11) is 0. The lowest BCUT2D eigenvalue weighted by molar-refractivity contribution is -0.121. The van der Waals surface area contributed by atoms with Gasteiger partial charge in [-0.1, -0.05) is 29.8 Å². The molecular weight excluding hydrogens is 320 g/mol. The third-order valence-corrected chi connectivity index (χ3v) is 4.20. The summed E-state index contributed by atoms with van der Waals surface area (Å²) in [5, 5.41) is 9.83. The number of carbonyl (C=O) groups is 2. The summed E-state index contributed by atoms with van der Waals surface area (Å²) < 4.78 is 0. The van der Waals surface area contributed by atoms with E-state index in [0.717, 1.165) is 5.56 Å². The second kappa shape index (κ2) is 7.96. The van der Waals surface area contributed by atoms with E-state index >= 15 is 0 Å². The van der Waals surface area contributed by atoms with Crippen molar-refractivity contribution in [3.8, 4) is 0 Å². The van der Waals surface area contributed by atoms with Crippen LogP contribution in [0.15, 0.2) is 41.1 Å². The van der Waals surface area contributed by atoms with Crippen molar-refractivity contribution >= 4 is 34.8 Å². The molecule has 0 bridgehead atoms. The molecule has 4 nitrogen and oxygen atoms in total. The maximum atomic E-state index is 11.9. The van der Waals surface area contributed by atoms with Crippen LogP contribution in [0.3, 0.4) is 0 Å². The van der Waals surface area contributed by atoms with E-state index in [1.807, 2.05) is 30.5 Å². The Morgan fingerprint density at radius 1 is 1.27 bits per heavy atom. The molecule has 1 aromatic carbocycles. The molecule has 0 radical (unpaired) electrons. The molecule has 0 aliphatic carbocycles. The van der Waals surface area contributed by atoms with Crippen LogP contribution in [0.5, 0.6) is 0 Å². The van der Waals surface area contributed by atoms with Crippen LogP contribution in [0.2, 0.25) is 5.02 Å². The number of halogens is 1. The average molecular weight is 337 g/mol. The van der Waals surface area contributed by atoms with Gasteiger partial charge in [-0.25, -0.2) is 0 Å². The Labute approximate surface area is 138 Å². The molecule has 2 rings (SSSR count). The van der Waals surface area contributed by atoms with E-state index in [-0.39, 0.29) is 24.3 Å². The fraction of sp³-hybridized carbons (Fsp3) is 0.250. The van der Waals surface area contributed by atoms with Crippen LogP contribution < -0.4 is 10.6 Å². The Morgan fingerprint density at radius 3 is 2.73 bits per heavy atom. The minimum absolute atomic E-state index is 0.127. The van der Waals surface area contributed by atoms with Gasteiger partial charge in [-0.15, -0.1) is 0 Å². The molecule has 0 saturated carbocycles. The molecule has 6 heteroatoms. The highest BCUT2D eigenvalue weighted by Gasteiger charge is 2.12. The number of nitrogens with one attached hydrogen (secondary N) is 2. The summed E-state index contributed by atoms with van der Waals surface area (Å²) >= 11 is 7.56. The second-order valence-electron chi connectivity index (χ2n) is 4.83. The number of carbonyl (C=O) groups excluding carboxylic acids is 2. The average Bonchev–Trinajstić information content (AvgIpc) is 3.01. The normalized spacial score (nSPS) is 11.7. The molecule has 2 amide bonds. The van der Waals surface area contributed by atoms with Crippen LogP contribution in [0.1, 0.15) is 35.3 Å². The van der Waals surface area contributed by atoms with Crippen molar-refractivity contribution in [2.24, 2.45) is 0 Å². The number of amides is 2. The number of thiophene rings is 1. The standard InChI is InChI=1S/C16H17ClN2O2S/c1-11(13-4-2-3-5-14(13)17)19-15(20)6-8-18-16(21)12-7-9-22-10-12/h2-5,7,9-11H,6,8H2,1H3,(H,18,21)(H,19,20). The molecule has 0 spiro atoms. The fourth-order valence-corrected chi connectivity index (χ4v) is 2.94. The third kappa shape index (κ3) is 4.58. The lowest BCUT2D eigenvalue weighted by atomic mass is 10.1. The topological polar surface area (TPSA) is 58.2 Å². The van der Waals surface area contributed by atoms with Crippen molar-refractivity contribution in [3.05, 3.63) is 57.2 Å². The molecule has 0 fully saturated rings. The Hall–Kier alpha value is -1.85. The van der Waals surface area contributed by atoms with Gasteiger partial charge in [-0.05, 0) is 30.0 Å². The molecule has 2 aromatic rings. The second-order valence-corrected chi connectivity index (χ2v) is 6.02. The van der Waals surface area contributed by atoms with Crippen molar-refractivity contribution in [3.63, 3.8) is 0 Å². The zero-order valence-corrected chi connectivity index (χ0v) is 13.7. The minimum Gasteiger partial charge on any atom is -0.351 e. The van der Waals surface area contributed by atoms with Crippen molar-refractivity contribution < 1.29 is 9.59 Å². The maximum absolute atomic E-state index is 11.9. The first-order valence-electron chi connectivity index (χ1n) is 6.92. The highest BCUT2D eigenvalue weighted by Crippen LogP contribution is 2.21. The van der Waals surface area contributed by atoms with Gasteiger partial charge < -0.3 is 10.6 Å². The largest absolute Gasteiger partial charge is 0.351 e. The van der Waals surface area contributed by atoms with Crippen LogP contribution in [0, 0.1) is 0 Å². The smallest absolute Gasteiger partial charge is 0.252 e. The Kier molecular flexibility index (Phi) is 5.98. The van der Waals surface area contributed by atoms with Crippen LogP contribution in [0.25, 0.3) is 0 Å². The molecule has 116 valence electrons. The van der Waals surface area contributed by atoms with Gasteiger partial charge in [0, 0.05) is 28.9 Å². The summed E-state index contributed by atoms with van der Waals surface area (Å²) in [6, 6.07) is 8.98. The molecule has 1 atom stereocenters. The van der Waals surface area contributed by atoms with Crippen molar-refractivity contribution in [2.45, 2.75) is 19.4 Å². The molecule has 1 unspecified atom stereocenters. The highest BCUT2D eigenvalue weighted by molar-refractivity contribution is 7.08. The van der Waals surface area contributed by atoms with E-state index in [1.54, 1.807) is 17.5 Å². The number of benzene rings is 1. The van der Waals surface area contributed by atoms with E-state index in [1.165, 1.54) is 11.3 Å². The molecule has 22 heavy (non-hydrogen) atoms. The molecular formula is C16H17ClN2O2S. The number of hydrogen-bond acceptors (Lipinski definition) is 3. The van der Waals surface area contributed by atoms with Crippen LogP contribution in [-0.2, 0) is 4.79 Å². The summed E-state index contributed by atoms with van der Waals surface area (Å²) in [5.74, 6) is -0.286. The van der Waals surface area contributed by atoms with Gasteiger partial charge in [-0.2, -0.15) is 11.3 Å². The van der Waals surface area contributed by atoms with Gasteiger partial charge in [0.2, 0.25) is 5.91 Å². The van der Waals surface area contributed by atoms with Crippen LogP contribution in [0.4, 0.5) is 0 Å². The molecule has 1 heterocycles. The summed E-state index contributed by atoms with van der Waals surface area (Å²) in [4.78, 5) is 23.6. The van der Waals surface area contributed by atoms with E-state index in [2.05, 4.69) is 10.6 Å². The Bertz CT molecular complexity index is 643. The van der Waals surface area contributed by atoms with Crippen molar-refractivity contribution in [2.75, 3.05) is 6.54 Å². The predicted octanol–water partition coefficient (Wildman–Crippen LogP) is 3.40. The predicted molar refractivity (Wildman–Crippen MR) is 89.3 cm³/mol. The minimum atomic E-state index is -0.172. The maximum Gasteiger partial charge on any atom is 0.252 e. The molecule has 0 aliphatic rings. The van der Waals surface area contributed by atoms with Gasteiger partial charge in [0.15, 0.2) is 0 Å². The summed E-state index contributed by atoms with van der Waals surface area (Å²) in [5.41, 5.74) is 1.50. The molecule has 0 saturated heterocycles. The highest BCUT2D eigenvalue weighted by atomic mass is 35.5. The number of hydrogen-bond donors (Lipinski definition) is 2. The van der Waals surface area contributed by atoms with Gasteiger partial charge in [-0.3, -0.25) is 9.59 Å². The van der Waals surface area contributed by atoms with Crippen LogP contribution >= 0.6 is 22.9 Å². The zero-order valence-electron chi connectivity index (χ0n) is 12.1. The zero-order chi connectivity index (χ0) is 15.9. The van der Waals surface area contributed by atoms with E-state index < -0.39 is 0 Å². The Balaban J connectivity index is 1.76. The monoisotopic (exact) mass is 336 g/mol. The van der Waals surface area contributed by atoms with E-state index in [4.69, 9.17) is 11.6 Å². The number of rotatable bonds is 6. The van der Waals surface area contributed by atoms with Gasteiger partial charge >= 0.3 is 0 Å².